The molecule has 36 heavy (non-hydrogen) atoms. The van der Waals surface area contributed by atoms with Crippen LogP contribution in [0.2, 0.25) is 0 Å². The third kappa shape index (κ3) is 7.37. The Balaban J connectivity index is 1.54. The summed E-state index contributed by atoms with van der Waals surface area (Å²) >= 11 is 0. The number of hydrogen-bond acceptors (Lipinski definition) is 6. The first-order valence-corrected chi connectivity index (χ1v) is 13.8. The second kappa shape index (κ2) is 11.7. The van der Waals surface area contributed by atoms with Crippen molar-refractivity contribution in [2.75, 3.05) is 13.1 Å². The standard InChI is InChI=1S/C28H50N4O4/c1-25(2)21(33)31(22(34)26(3,4)29-25)19-17-15-13-11-9-10-12-14-16-18-20-32-23(35)27(5,6)30-28(7,8)24(32)36/h29-30H,9-20H2,1-8H3. The molecule has 8 heteroatoms. The largest absolute Gasteiger partial charge is 0.290 e. The van der Waals surface area contributed by atoms with Crippen molar-refractivity contribution in [1.29, 1.82) is 0 Å². The smallest absolute Gasteiger partial charge is 0.248 e. The summed E-state index contributed by atoms with van der Waals surface area (Å²) in [5.41, 5.74) is -2.89. The number of nitrogens with one attached hydrogen (secondary N) is 2. The molecular formula is C28H50N4O4. The predicted molar refractivity (Wildman–Crippen MR) is 142 cm³/mol. The van der Waals surface area contributed by atoms with Crippen molar-refractivity contribution in [3.63, 3.8) is 0 Å². The Morgan fingerprint density at radius 3 is 0.833 bits per heavy atom. The number of nitrogens with zero attached hydrogens (tertiary/aromatic N) is 2. The lowest BCUT2D eigenvalue weighted by Crippen LogP contribution is -2.72. The van der Waals surface area contributed by atoms with Crippen LogP contribution in [0.25, 0.3) is 0 Å². The third-order valence-corrected chi connectivity index (χ3v) is 7.38. The van der Waals surface area contributed by atoms with Crippen LogP contribution in [0.15, 0.2) is 0 Å². The van der Waals surface area contributed by atoms with Crippen molar-refractivity contribution < 1.29 is 19.2 Å². The fourth-order valence-corrected chi connectivity index (χ4v) is 5.67. The van der Waals surface area contributed by atoms with Gasteiger partial charge in [-0.25, -0.2) is 0 Å². The topological polar surface area (TPSA) is 98.8 Å². The zero-order valence-electron chi connectivity index (χ0n) is 24.0. The quantitative estimate of drug-likeness (QED) is 0.290. The highest BCUT2D eigenvalue weighted by atomic mass is 16.2. The zero-order valence-corrected chi connectivity index (χ0v) is 24.0. The Morgan fingerprint density at radius 2 is 0.611 bits per heavy atom. The maximum Gasteiger partial charge on any atom is 0.248 e. The summed E-state index contributed by atoms with van der Waals surface area (Å²) in [7, 11) is 0. The molecule has 0 atom stereocenters. The molecule has 4 amide bonds. The van der Waals surface area contributed by atoms with Gasteiger partial charge in [-0.15, -0.1) is 0 Å². The van der Waals surface area contributed by atoms with Crippen LogP contribution in [0.3, 0.4) is 0 Å². The molecule has 2 N–H and O–H groups in total. The van der Waals surface area contributed by atoms with Gasteiger partial charge in [0.1, 0.15) is 0 Å². The molecule has 0 saturated carbocycles. The molecule has 2 rings (SSSR count). The number of carbonyl (C=O) groups excluding carboxylic acids is 4. The first-order chi connectivity index (χ1) is 16.5. The van der Waals surface area contributed by atoms with E-state index in [1.54, 1.807) is 0 Å². The lowest BCUT2D eigenvalue weighted by Gasteiger charge is -2.45. The van der Waals surface area contributed by atoms with Gasteiger partial charge in [-0.3, -0.25) is 39.6 Å². The van der Waals surface area contributed by atoms with E-state index >= 15 is 0 Å². The lowest BCUT2D eigenvalue weighted by molar-refractivity contribution is -0.160. The molecule has 2 saturated heterocycles. The van der Waals surface area contributed by atoms with Crippen molar-refractivity contribution in [1.82, 2.24) is 20.4 Å². The van der Waals surface area contributed by atoms with Gasteiger partial charge in [0, 0.05) is 13.1 Å². The molecular weight excluding hydrogens is 456 g/mol. The minimum atomic E-state index is -0.722. The number of imide groups is 2. The highest BCUT2D eigenvalue weighted by molar-refractivity contribution is 6.06. The molecule has 0 aromatic heterocycles. The fourth-order valence-electron chi connectivity index (χ4n) is 5.67. The van der Waals surface area contributed by atoms with Gasteiger partial charge in [0.15, 0.2) is 0 Å². The first-order valence-electron chi connectivity index (χ1n) is 13.8. The van der Waals surface area contributed by atoms with Crippen molar-refractivity contribution in [3.8, 4) is 0 Å². The molecule has 0 aromatic rings. The minimum absolute atomic E-state index is 0.134. The highest BCUT2D eigenvalue weighted by Crippen LogP contribution is 2.25. The molecule has 0 spiro atoms. The second-order valence-corrected chi connectivity index (χ2v) is 12.8. The monoisotopic (exact) mass is 506 g/mol. The molecule has 2 aliphatic rings. The molecule has 0 unspecified atom stereocenters. The molecule has 206 valence electrons. The minimum Gasteiger partial charge on any atom is -0.290 e. The van der Waals surface area contributed by atoms with Gasteiger partial charge in [-0.05, 0) is 68.2 Å². The van der Waals surface area contributed by atoms with E-state index < -0.39 is 22.2 Å². The number of piperazine rings is 2. The highest BCUT2D eigenvalue weighted by Gasteiger charge is 2.50. The number of hydrogen-bond donors (Lipinski definition) is 2. The lowest BCUT2D eigenvalue weighted by atomic mass is 9.89. The summed E-state index contributed by atoms with van der Waals surface area (Å²) in [6.07, 6.45) is 10.6. The van der Waals surface area contributed by atoms with Crippen molar-refractivity contribution >= 4 is 23.6 Å². The van der Waals surface area contributed by atoms with Crippen molar-refractivity contribution in [2.45, 2.75) is 142 Å². The van der Waals surface area contributed by atoms with E-state index in [1.807, 2.05) is 55.4 Å². The number of amides is 4. The third-order valence-electron chi connectivity index (χ3n) is 7.38. The Labute approximate surface area is 218 Å². The zero-order chi connectivity index (χ0) is 27.4. The molecule has 0 aromatic carbocycles. The van der Waals surface area contributed by atoms with Crippen LogP contribution in [-0.2, 0) is 19.2 Å². The van der Waals surface area contributed by atoms with Crippen LogP contribution in [0.5, 0.6) is 0 Å². The Kier molecular flexibility index (Phi) is 9.90. The van der Waals surface area contributed by atoms with Gasteiger partial charge in [0.05, 0.1) is 22.2 Å². The molecule has 0 bridgehead atoms. The molecule has 0 aliphatic carbocycles. The molecule has 2 heterocycles. The summed E-state index contributed by atoms with van der Waals surface area (Å²) in [4.78, 5) is 53.5. The van der Waals surface area contributed by atoms with Gasteiger partial charge in [-0.1, -0.05) is 51.4 Å². The van der Waals surface area contributed by atoms with E-state index in [4.69, 9.17) is 0 Å². The molecule has 0 radical (unpaired) electrons. The van der Waals surface area contributed by atoms with Crippen LogP contribution >= 0.6 is 0 Å². The van der Waals surface area contributed by atoms with Gasteiger partial charge >= 0.3 is 0 Å². The van der Waals surface area contributed by atoms with E-state index in [1.165, 1.54) is 22.6 Å². The predicted octanol–water partition coefficient (Wildman–Crippen LogP) is 3.92. The van der Waals surface area contributed by atoms with Crippen LogP contribution in [0.4, 0.5) is 0 Å². The Morgan fingerprint density at radius 1 is 0.417 bits per heavy atom. The summed E-state index contributed by atoms with van der Waals surface area (Å²) in [5, 5.41) is 6.31. The number of carbonyl (C=O) groups is 4. The summed E-state index contributed by atoms with van der Waals surface area (Å²) < 4.78 is 0. The maximum atomic E-state index is 12.6. The van der Waals surface area contributed by atoms with Gasteiger partial charge < -0.3 is 0 Å². The maximum absolute atomic E-state index is 12.6. The van der Waals surface area contributed by atoms with E-state index in [-0.39, 0.29) is 23.6 Å². The SMILES string of the molecule is CC1(C)NC(C)(C)C(=O)N(CCCCCCCCCCCCN2C(=O)C(C)(C)NC(C)(C)C2=O)C1=O. The Hall–Kier alpha value is -1.80. The van der Waals surface area contributed by atoms with Gasteiger partial charge in [-0.2, -0.15) is 0 Å². The molecule has 2 fully saturated rings. The summed E-state index contributed by atoms with van der Waals surface area (Å²) in [6, 6.07) is 0. The average molecular weight is 507 g/mol. The van der Waals surface area contributed by atoms with E-state index in [2.05, 4.69) is 10.6 Å². The fraction of sp³-hybridized carbons (Fsp3) is 0.857. The number of unbranched alkanes of at least 4 members (excludes halogenated alkanes) is 9. The van der Waals surface area contributed by atoms with E-state index in [0.29, 0.717) is 13.1 Å². The molecule has 8 nitrogen and oxygen atoms in total. The van der Waals surface area contributed by atoms with Crippen LogP contribution in [-0.4, -0.2) is 68.7 Å². The Bertz CT molecular complexity index is 711. The van der Waals surface area contributed by atoms with E-state index in [9.17, 15) is 19.2 Å². The van der Waals surface area contributed by atoms with Crippen LogP contribution < -0.4 is 10.6 Å². The normalized spacial score (nSPS) is 22.9. The number of rotatable bonds is 13. The van der Waals surface area contributed by atoms with Crippen LogP contribution in [0, 0.1) is 0 Å². The second-order valence-electron chi connectivity index (χ2n) is 12.8. The first kappa shape index (κ1) is 30.4. The summed E-state index contributed by atoms with van der Waals surface area (Å²) in [6.45, 7) is 15.7. The summed E-state index contributed by atoms with van der Waals surface area (Å²) in [5.74, 6) is -0.537. The van der Waals surface area contributed by atoms with Gasteiger partial charge in [0.2, 0.25) is 23.6 Å². The van der Waals surface area contributed by atoms with E-state index in [0.717, 1.165) is 51.4 Å². The molecule has 2 aliphatic heterocycles. The van der Waals surface area contributed by atoms with Crippen LogP contribution in [0.1, 0.15) is 120 Å². The average Bonchev–Trinajstić information content (AvgIpc) is 2.75. The van der Waals surface area contributed by atoms with Crippen molar-refractivity contribution in [2.24, 2.45) is 0 Å². The van der Waals surface area contributed by atoms with Crippen molar-refractivity contribution in [3.05, 3.63) is 0 Å². The van der Waals surface area contributed by atoms with Gasteiger partial charge in [0.25, 0.3) is 0 Å².